The van der Waals surface area contributed by atoms with Gasteiger partial charge in [-0.15, -0.1) is 0 Å². The minimum Gasteiger partial charge on any atom is -0.350 e. The molecule has 2 amide bonds. The molecule has 3 rings (SSSR count). The normalized spacial score (nSPS) is 11.8. The molecule has 0 radical (unpaired) electrons. The summed E-state index contributed by atoms with van der Waals surface area (Å²) in [5.74, 6) is -0.364. The van der Waals surface area contributed by atoms with E-state index in [-0.39, 0.29) is 29.8 Å². The molecule has 2 aromatic carbocycles. The zero-order valence-corrected chi connectivity index (χ0v) is 16.5. The first-order valence-corrected chi connectivity index (χ1v) is 9.59. The Morgan fingerprint density at radius 3 is 2.72 bits per heavy atom. The van der Waals surface area contributed by atoms with E-state index >= 15 is 0 Å². The highest BCUT2D eigenvalue weighted by molar-refractivity contribution is 5.94. The molecule has 1 heterocycles. The summed E-state index contributed by atoms with van der Waals surface area (Å²) in [5, 5.41) is 10.4. The third kappa shape index (κ3) is 5.07. The predicted octanol–water partition coefficient (Wildman–Crippen LogP) is 2.24. The standard InChI is InChI=1S/C22H24N4O3/c1-3-15(2)25-22(29)17-8-6-7-16(11-17)12-23-21(28)14-26-19-10-5-4-9-18(19)20(27)13-24-26/h4-11,13,15H,3,12,14H2,1-2H3,(H,23,28)(H,25,29). The molecule has 0 bridgehead atoms. The quantitative estimate of drug-likeness (QED) is 0.645. The maximum atomic E-state index is 12.4. The third-order valence-electron chi connectivity index (χ3n) is 4.72. The van der Waals surface area contributed by atoms with Gasteiger partial charge in [0, 0.05) is 23.5 Å². The van der Waals surface area contributed by atoms with Gasteiger partial charge >= 0.3 is 0 Å². The van der Waals surface area contributed by atoms with E-state index < -0.39 is 0 Å². The molecule has 0 saturated heterocycles. The first-order valence-electron chi connectivity index (χ1n) is 9.59. The first-order chi connectivity index (χ1) is 14.0. The van der Waals surface area contributed by atoms with Gasteiger partial charge < -0.3 is 10.6 Å². The lowest BCUT2D eigenvalue weighted by atomic mass is 10.1. The lowest BCUT2D eigenvalue weighted by Crippen LogP contribution is -2.32. The molecule has 3 aromatic rings. The minimum absolute atomic E-state index is 0.00498. The highest BCUT2D eigenvalue weighted by Crippen LogP contribution is 2.08. The van der Waals surface area contributed by atoms with Crippen LogP contribution in [-0.4, -0.2) is 27.6 Å². The number of fused-ring (bicyclic) bond motifs is 1. The van der Waals surface area contributed by atoms with Crippen LogP contribution < -0.4 is 16.1 Å². The van der Waals surface area contributed by atoms with Crippen LogP contribution in [0.4, 0.5) is 0 Å². The van der Waals surface area contributed by atoms with Crippen molar-refractivity contribution in [2.75, 3.05) is 0 Å². The molecule has 1 unspecified atom stereocenters. The number of carbonyl (C=O) groups excluding carboxylic acids is 2. The van der Waals surface area contributed by atoms with Gasteiger partial charge in [0.05, 0.1) is 11.7 Å². The number of benzene rings is 2. The van der Waals surface area contributed by atoms with Crippen molar-refractivity contribution in [3.63, 3.8) is 0 Å². The monoisotopic (exact) mass is 392 g/mol. The summed E-state index contributed by atoms with van der Waals surface area (Å²) in [6.45, 7) is 4.25. The van der Waals surface area contributed by atoms with Crippen LogP contribution in [-0.2, 0) is 17.9 Å². The van der Waals surface area contributed by atoms with Crippen LogP contribution in [0.2, 0.25) is 0 Å². The van der Waals surface area contributed by atoms with Crippen LogP contribution in [0.25, 0.3) is 10.9 Å². The van der Waals surface area contributed by atoms with Gasteiger partial charge in [-0.2, -0.15) is 5.10 Å². The molecule has 7 nitrogen and oxygen atoms in total. The maximum absolute atomic E-state index is 12.4. The van der Waals surface area contributed by atoms with Crippen molar-refractivity contribution < 1.29 is 9.59 Å². The average molecular weight is 392 g/mol. The Hall–Kier alpha value is -3.48. The summed E-state index contributed by atoms with van der Waals surface area (Å²) in [5.41, 5.74) is 1.82. The van der Waals surface area contributed by atoms with Crippen LogP contribution in [0.3, 0.4) is 0 Å². The zero-order valence-electron chi connectivity index (χ0n) is 16.5. The Morgan fingerprint density at radius 2 is 1.93 bits per heavy atom. The topological polar surface area (TPSA) is 93.1 Å². The van der Waals surface area contributed by atoms with Crippen molar-refractivity contribution in [1.29, 1.82) is 0 Å². The first kappa shape index (κ1) is 20.3. The van der Waals surface area contributed by atoms with Crippen LogP contribution in [0.5, 0.6) is 0 Å². The summed E-state index contributed by atoms with van der Waals surface area (Å²) < 4.78 is 1.50. The summed E-state index contributed by atoms with van der Waals surface area (Å²) in [6.07, 6.45) is 2.07. The van der Waals surface area contributed by atoms with Gasteiger partial charge in [-0.25, -0.2) is 0 Å². The highest BCUT2D eigenvalue weighted by Gasteiger charge is 2.10. The van der Waals surface area contributed by atoms with E-state index in [1.807, 2.05) is 19.9 Å². The Labute approximate surface area is 168 Å². The number of nitrogens with one attached hydrogen (secondary N) is 2. The fourth-order valence-corrected chi connectivity index (χ4v) is 2.91. The highest BCUT2D eigenvalue weighted by atomic mass is 16.2. The summed E-state index contributed by atoms with van der Waals surface area (Å²) >= 11 is 0. The molecule has 0 fully saturated rings. The van der Waals surface area contributed by atoms with E-state index in [2.05, 4.69) is 15.7 Å². The number of hydrogen-bond acceptors (Lipinski definition) is 4. The Balaban J connectivity index is 1.65. The van der Waals surface area contributed by atoms with Crippen molar-refractivity contribution in [1.82, 2.24) is 20.4 Å². The minimum atomic E-state index is -0.235. The molecule has 29 heavy (non-hydrogen) atoms. The van der Waals surface area contributed by atoms with E-state index in [0.717, 1.165) is 12.0 Å². The van der Waals surface area contributed by atoms with E-state index in [9.17, 15) is 14.4 Å². The molecule has 0 aliphatic rings. The number of amides is 2. The van der Waals surface area contributed by atoms with Gasteiger partial charge in [-0.3, -0.25) is 19.1 Å². The second-order valence-electron chi connectivity index (χ2n) is 6.94. The molecule has 0 aliphatic carbocycles. The zero-order chi connectivity index (χ0) is 20.8. The molecule has 150 valence electrons. The molecule has 0 aliphatic heterocycles. The molecule has 0 spiro atoms. The van der Waals surface area contributed by atoms with Crippen molar-refractivity contribution in [2.24, 2.45) is 0 Å². The second kappa shape index (κ2) is 9.14. The molecule has 0 saturated carbocycles. The SMILES string of the molecule is CCC(C)NC(=O)c1cccc(CNC(=O)Cn2ncc(=O)c3ccccc32)c1. The number of rotatable bonds is 7. The van der Waals surface area contributed by atoms with Crippen molar-refractivity contribution in [2.45, 2.75) is 39.4 Å². The largest absolute Gasteiger partial charge is 0.350 e. The van der Waals surface area contributed by atoms with Crippen molar-refractivity contribution in [3.05, 3.63) is 76.1 Å². The smallest absolute Gasteiger partial charge is 0.251 e. The molecular formula is C22H24N4O3. The predicted molar refractivity (Wildman–Crippen MR) is 112 cm³/mol. The number of hydrogen-bond donors (Lipinski definition) is 2. The van der Waals surface area contributed by atoms with Crippen molar-refractivity contribution >= 4 is 22.7 Å². The lowest BCUT2D eigenvalue weighted by molar-refractivity contribution is -0.121. The summed E-state index contributed by atoms with van der Waals surface area (Å²) in [6, 6.07) is 14.3. The van der Waals surface area contributed by atoms with Gasteiger partial charge in [0.15, 0.2) is 0 Å². The van der Waals surface area contributed by atoms with Gasteiger partial charge in [0.1, 0.15) is 6.54 Å². The number of para-hydroxylation sites is 1. The van der Waals surface area contributed by atoms with Crippen LogP contribution in [0, 0.1) is 0 Å². The number of carbonyl (C=O) groups is 2. The van der Waals surface area contributed by atoms with Crippen molar-refractivity contribution in [3.8, 4) is 0 Å². The van der Waals surface area contributed by atoms with Gasteiger partial charge in [0.25, 0.3) is 5.91 Å². The lowest BCUT2D eigenvalue weighted by Gasteiger charge is -2.12. The molecule has 7 heteroatoms. The van der Waals surface area contributed by atoms with Crippen LogP contribution >= 0.6 is 0 Å². The molecule has 2 N–H and O–H groups in total. The Morgan fingerprint density at radius 1 is 1.14 bits per heavy atom. The van der Waals surface area contributed by atoms with E-state index in [1.165, 1.54) is 10.9 Å². The summed E-state index contributed by atoms with van der Waals surface area (Å²) in [7, 11) is 0. The van der Waals surface area contributed by atoms with E-state index in [0.29, 0.717) is 23.0 Å². The number of nitrogens with zero attached hydrogens (tertiary/aromatic N) is 2. The number of aromatic nitrogens is 2. The van der Waals surface area contributed by atoms with Crippen LogP contribution in [0.1, 0.15) is 36.2 Å². The third-order valence-corrected chi connectivity index (χ3v) is 4.72. The maximum Gasteiger partial charge on any atom is 0.251 e. The fraction of sp³-hybridized carbons (Fsp3) is 0.273. The summed E-state index contributed by atoms with van der Waals surface area (Å²) in [4.78, 5) is 36.5. The average Bonchev–Trinajstić information content (AvgIpc) is 2.74. The van der Waals surface area contributed by atoms with E-state index in [1.54, 1.807) is 42.5 Å². The second-order valence-corrected chi connectivity index (χ2v) is 6.94. The molecular weight excluding hydrogens is 368 g/mol. The Kier molecular flexibility index (Phi) is 6.39. The Bertz CT molecular complexity index is 1090. The fourth-order valence-electron chi connectivity index (χ4n) is 2.91. The van der Waals surface area contributed by atoms with Crippen LogP contribution in [0.15, 0.2) is 59.5 Å². The molecule has 1 atom stereocenters. The van der Waals surface area contributed by atoms with Gasteiger partial charge in [0.2, 0.25) is 11.3 Å². The van der Waals surface area contributed by atoms with Gasteiger partial charge in [-0.1, -0.05) is 31.2 Å². The van der Waals surface area contributed by atoms with E-state index in [4.69, 9.17) is 0 Å². The molecule has 1 aromatic heterocycles. The van der Waals surface area contributed by atoms with Gasteiger partial charge in [-0.05, 0) is 43.2 Å².